The molecule has 1 amide bonds. The normalized spacial score (nSPS) is 11.6. The van der Waals surface area contributed by atoms with Crippen molar-refractivity contribution in [3.63, 3.8) is 0 Å². The summed E-state index contributed by atoms with van der Waals surface area (Å²) in [5.74, 6) is -0.324. The van der Waals surface area contributed by atoms with Crippen molar-refractivity contribution in [2.75, 3.05) is 12.4 Å². The molecule has 0 saturated heterocycles. The van der Waals surface area contributed by atoms with Gasteiger partial charge < -0.3 is 10.1 Å². The van der Waals surface area contributed by atoms with Crippen molar-refractivity contribution in [1.82, 2.24) is 0 Å². The standard InChI is InChI=1S/C18H13F3N2O2/c1-25-15-7-4-6-14(10-15)23-17(24)13(11-22)9-12-5-2-3-8-16(12)18(19,20)21/h2-10H,1H3,(H,23,24)/b13-9-. The molecule has 0 saturated carbocycles. The first kappa shape index (κ1) is 18.1. The molecule has 0 aliphatic rings. The molecule has 0 unspecified atom stereocenters. The minimum atomic E-state index is -4.59. The highest BCUT2D eigenvalue weighted by atomic mass is 19.4. The molecule has 0 heterocycles. The van der Waals surface area contributed by atoms with E-state index in [4.69, 9.17) is 10.00 Å². The number of nitriles is 1. The van der Waals surface area contributed by atoms with Crippen molar-refractivity contribution in [3.8, 4) is 11.8 Å². The number of benzene rings is 2. The lowest BCUT2D eigenvalue weighted by molar-refractivity contribution is -0.137. The number of methoxy groups -OCH3 is 1. The SMILES string of the molecule is COc1cccc(NC(=O)/C(C#N)=C\c2ccccc2C(F)(F)F)c1. The third kappa shape index (κ3) is 4.61. The second-order valence-corrected chi connectivity index (χ2v) is 4.94. The van der Waals surface area contributed by atoms with Crippen LogP contribution in [0, 0.1) is 11.3 Å². The first-order valence-electron chi connectivity index (χ1n) is 7.08. The summed E-state index contributed by atoms with van der Waals surface area (Å²) < 4.78 is 44.0. The van der Waals surface area contributed by atoms with Gasteiger partial charge in [0, 0.05) is 11.8 Å². The first-order chi connectivity index (χ1) is 11.8. The molecule has 0 fully saturated rings. The maximum atomic E-state index is 13.0. The summed E-state index contributed by atoms with van der Waals surface area (Å²) in [6.07, 6.45) is -3.67. The highest BCUT2D eigenvalue weighted by molar-refractivity contribution is 6.09. The highest BCUT2D eigenvalue weighted by Crippen LogP contribution is 2.32. The number of hydrogen-bond donors (Lipinski definition) is 1. The van der Waals surface area contributed by atoms with Crippen LogP contribution in [0.25, 0.3) is 6.08 Å². The molecule has 2 aromatic rings. The molecule has 0 aliphatic heterocycles. The maximum absolute atomic E-state index is 13.0. The number of ether oxygens (including phenoxy) is 1. The number of anilines is 1. The second-order valence-electron chi connectivity index (χ2n) is 4.94. The number of amides is 1. The van der Waals surface area contributed by atoms with E-state index in [9.17, 15) is 18.0 Å². The van der Waals surface area contributed by atoms with Crippen LogP contribution in [0.4, 0.5) is 18.9 Å². The van der Waals surface area contributed by atoms with E-state index in [1.54, 1.807) is 24.3 Å². The summed E-state index contributed by atoms with van der Waals surface area (Å²) in [7, 11) is 1.45. The van der Waals surface area contributed by atoms with Gasteiger partial charge in [-0.25, -0.2) is 0 Å². The zero-order valence-electron chi connectivity index (χ0n) is 13.1. The lowest BCUT2D eigenvalue weighted by atomic mass is 10.0. The van der Waals surface area contributed by atoms with Crippen LogP contribution in [0.2, 0.25) is 0 Å². The van der Waals surface area contributed by atoms with Crippen molar-refractivity contribution in [3.05, 3.63) is 65.2 Å². The van der Waals surface area contributed by atoms with Crippen LogP contribution < -0.4 is 10.1 Å². The lowest BCUT2D eigenvalue weighted by Crippen LogP contribution is -2.14. The van der Waals surface area contributed by atoms with Crippen LogP contribution in [-0.4, -0.2) is 13.0 Å². The van der Waals surface area contributed by atoms with Crippen LogP contribution in [0.3, 0.4) is 0 Å². The van der Waals surface area contributed by atoms with Crippen LogP contribution in [0.1, 0.15) is 11.1 Å². The topological polar surface area (TPSA) is 62.1 Å². The molecule has 128 valence electrons. The summed E-state index contributed by atoms with van der Waals surface area (Å²) in [6.45, 7) is 0. The first-order valence-corrected chi connectivity index (χ1v) is 7.08. The third-order valence-corrected chi connectivity index (χ3v) is 3.26. The fraction of sp³-hybridized carbons (Fsp3) is 0.111. The number of hydrogen-bond acceptors (Lipinski definition) is 3. The Labute approximate surface area is 142 Å². The molecule has 2 rings (SSSR count). The van der Waals surface area contributed by atoms with E-state index in [2.05, 4.69) is 5.32 Å². The average molecular weight is 346 g/mol. The molecule has 4 nitrogen and oxygen atoms in total. The number of carbonyl (C=O) groups is 1. The molecule has 0 atom stereocenters. The summed E-state index contributed by atoms with van der Waals surface area (Å²) in [5.41, 5.74) is -1.27. The van der Waals surface area contributed by atoms with E-state index < -0.39 is 23.2 Å². The Balaban J connectivity index is 2.32. The predicted molar refractivity (Wildman–Crippen MR) is 86.7 cm³/mol. The lowest BCUT2D eigenvalue weighted by Gasteiger charge is -2.10. The minimum absolute atomic E-state index is 0.257. The summed E-state index contributed by atoms with van der Waals surface area (Å²) in [4.78, 5) is 12.2. The zero-order valence-corrected chi connectivity index (χ0v) is 13.1. The van der Waals surface area contributed by atoms with E-state index >= 15 is 0 Å². The van der Waals surface area contributed by atoms with Gasteiger partial charge in [-0.2, -0.15) is 18.4 Å². The number of rotatable bonds is 4. The van der Waals surface area contributed by atoms with Crippen LogP contribution in [0.15, 0.2) is 54.1 Å². The third-order valence-electron chi connectivity index (χ3n) is 3.26. The number of halogens is 3. The van der Waals surface area contributed by atoms with Gasteiger partial charge in [0.1, 0.15) is 17.4 Å². The molecular weight excluding hydrogens is 333 g/mol. The van der Waals surface area contributed by atoms with Crippen LogP contribution >= 0.6 is 0 Å². The Morgan fingerprint density at radius 3 is 2.56 bits per heavy atom. The molecule has 0 aliphatic carbocycles. The van der Waals surface area contributed by atoms with Crippen molar-refractivity contribution in [2.45, 2.75) is 6.18 Å². The van der Waals surface area contributed by atoms with Crippen molar-refractivity contribution in [1.29, 1.82) is 5.26 Å². The van der Waals surface area contributed by atoms with Gasteiger partial charge in [-0.15, -0.1) is 0 Å². The van der Waals surface area contributed by atoms with Gasteiger partial charge in [0.25, 0.3) is 5.91 Å². The molecule has 7 heteroatoms. The van der Waals surface area contributed by atoms with Gasteiger partial charge in [-0.05, 0) is 29.8 Å². The summed E-state index contributed by atoms with van der Waals surface area (Å²) in [5, 5.41) is 11.6. The summed E-state index contributed by atoms with van der Waals surface area (Å²) in [6, 6.07) is 12.7. The van der Waals surface area contributed by atoms with Crippen molar-refractivity contribution >= 4 is 17.7 Å². The Bertz CT molecular complexity index is 852. The molecule has 1 N–H and O–H groups in total. The fourth-order valence-electron chi connectivity index (χ4n) is 2.08. The van der Waals surface area contributed by atoms with Gasteiger partial charge in [-0.3, -0.25) is 4.79 Å². The average Bonchev–Trinajstić information content (AvgIpc) is 2.59. The van der Waals surface area contributed by atoms with Crippen molar-refractivity contribution in [2.24, 2.45) is 0 Å². The predicted octanol–water partition coefficient (Wildman–Crippen LogP) is 4.26. The minimum Gasteiger partial charge on any atom is -0.497 e. The molecule has 0 aromatic heterocycles. The molecule has 25 heavy (non-hydrogen) atoms. The Morgan fingerprint density at radius 2 is 1.92 bits per heavy atom. The maximum Gasteiger partial charge on any atom is 0.416 e. The number of carbonyl (C=O) groups excluding carboxylic acids is 1. The smallest absolute Gasteiger partial charge is 0.416 e. The van der Waals surface area contributed by atoms with E-state index in [1.807, 2.05) is 0 Å². The largest absolute Gasteiger partial charge is 0.497 e. The summed E-state index contributed by atoms with van der Waals surface area (Å²) >= 11 is 0. The van der Waals surface area contributed by atoms with E-state index in [-0.39, 0.29) is 5.56 Å². The number of nitrogens with zero attached hydrogens (tertiary/aromatic N) is 1. The quantitative estimate of drug-likeness (QED) is 0.665. The van der Waals surface area contributed by atoms with E-state index in [0.717, 1.165) is 12.1 Å². The van der Waals surface area contributed by atoms with E-state index in [0.29, 0.717) is 11.4 Å². The van der Waals surface area contributed by atoms with Gasteiger partial charge in [0.2, 0.25) is 0 Å². The fourth-order valence-corrected chi connectivity index (χ4v) is 2.08. The zero-order chi connectivity index (χ0) is 18.4. The molecule has 2 aromatic carbocycles. The van der Waals surface area contributed by atoms with Gasteiger partial charge in [0.05, 0.1) is 12.7 Å². The van der Waals surface area contributed by atoms with Gasteiger partial charge in [-0.1, -0.05) is 24.3 Å². The van der Waals surface area contributed by atoms with Gasteiger partial charge >= 0.3 is 6.18 Å². The Morgan fingerprint density at radius 1 is 1.20 bits per heavy atom. The van der Waals surface area contributed by atoms with Crippen molar-refractivity contribution < 1.29 is 22.7 Å². The van der Waals surface area contributed by atoms with Crippen LogP contribution in [0.5, 0.6) is 5.75 Å². The monoisotopic (exact) mass is 346 g/mol. The number of alkyl halides is 3. The number of nitrogens with one attached hydrogen (secondary N) is 1. The molecule has 0 radical (unpaired) electrons. The molecule has 0 spiro atoms. The second kappa shape index (κ2) is 7.53. The highest BCUT2D eigenvalue weighted by Gasteiger charge is 2.32. The van der Waals surface area contributed by atoms with Crippen LogP contribution in [-0.2, 0) is 11.0 Å². The molecular formula is C18H13F3N2O2. The van der Waals surface area contributed by atoms with E-state index in [1.165, 1.54) is 31.4 Å². The molecule has 0 bridgehead atoms. The Kier molecular flexibility index (Phi) is 5.45. The Hall–Kier alpha value is -3.27. The van der Waals surface area contributed by atoms with Gasteiger partial charge in [0.15, 0.2) is 0 Å².